The van der Waals surface area contributed by atoms with E-state index in [0.29, 0.717) is 16.0 Å². The van der Waals surface area contributed by atoms with Crippen molar-refractivity contribution in [2.24, 2.45) is 0 Å². The summed E-state index contributed by atoms with van der Waals surface area (Å²) in [5.41, 5.74) is 1.79. The second kappa shape index (κ2) is 6.26. The molecule has 0 aliphatic carbocycles. The normalized spacial score (nSPS) is 10.7. The lowest BCUT2D eigenvalue weighted by Crippen LogP contribution is -2.10. The maximum Gasteiger partial charge on any atom is 0.374 e. The maximum absolute atomic E-state index is 12.1. The molecule has 0 bridgehead atoms. The van der Waals surface area contributed by atoms with E-state index in [1.54, 1.807) is 36.4 Å². The van der Waals surface area contributed by atoms with Gasteiger partial charge in [-0.1, -0.05) is 35.4 Å². The van der Waals surface area contributed by atoms with E-state index >= 15 is 0 Å². The van der Waals surface area contributed by atoms with Crippen molar-refractivity contribution in [3.8, 4) is 0 Å². The Morgan fingerprint density at radius 1 is 1.17 bits per heavy atom. The summed E-state index contributed by atoms with van der Waals surface area (Å²) in [7, 11) is 0. The Balaban J connectivity index is 1.83. The van der Waals surface area contributed by atoms with Gasteiger partial charge in [0.25, 0.3) is 0 Å². The van der Waals surface area contributed by atoms with E-state index in [4.69, 9.17) is 20.8 Å². The Hall–Kier alpha value is -2.59. The minimum absolute atomic E-state index is 0.0506. The molecule has 0 spiro atoms. The number of carbonyl (C=O) groups is 1. The fourth-order valence-corrected chi connectivity index (χ4v) is 2.43. The van der Waals surface area contributed by atoms with Gasteiger partial charge >= 0.3 is 5.97 Å². The number of aryl methyl sites for hydroxylation is 1. The molecule has 5 heteroatoms. The van der Waals surface area contributed by atoms with Crippen LogP contribution in [-0.2, 0) is 11.3 Å². The molecule has 3 aromatic rings. The second-order valence-electron chi connectivity index (χ2n) is 5.18. The molecule has 0 fully saturated rings. The van der Waals surface area contributed by atoms with E-state index in [2.05, 4.69) is 0 Å². The quantitative estimate of drug-likeness (QED) is 0.679. The van der Waals surface area contributed by atoms with Crippen molar-refractivity contribution in [2.75, 3.05) is 0 Å². The van der Waals surface area contributed by atoms with Gasteiger partial charge in [-0.25, -0.2) is 4.79 Å². The summed E-state index contributed by atoms with van der Waals surface area (Å²) in [4.78, 5) is 24.2. The third-order valence-corrected chi connectivity index (χ3v) is 3.58. The lowest BCUT2D eigenvalue weighted by atomic mass is 10.1. The first-order valence-corrected chi connectivity index (χ1v) is 7.37. The lowest BCUT2D eigenvalue weighted by molar-refractivity contribution is 0.0436. The van der Waals surface area contributed by atoms with Crippen LogP contribution in [0, 0.1) is 6.92 Å². The maximum atomic E-state index is 12.1. The summed E-state index contributed by atoms with van der Waals surface area (Å²) in [6, 6.07) is 13.4. The minimum atomic E-state index is -0.690. The van der Waals surface area contributed by atoms with E-state index in [1.165, 1.54) is 0 Å². The van der Waals surface area contributed by atoms with E-state index in [0.717, 1.165) is 17.2 Å². The third-order valence-electron chi connectivity index (χ3n) is 3.34. The van der Waals surface area contributed by atoms with Gasteiger partial charge in [0.2, 0.25) is 5.76 Å². The van der Waals surface area contributed by atoms with Crippen LogP contribution in [0.25, 0.3) is 11.0 Å². The SMILES string of the molecule is Cc1ccc2oc(C(=O)OCc3cccc(Cl)c3)cc(=O)c2c1. The third kappa shape index (κ3) is 3.43. The number of esters is 1. The zero-order chi connectivity index (χ0) is 16.4. The largest absolute Gasteiger partial charge is 0.455 e. The first-order chi connectivity index (χ1) is 11.0. The molecule has 116 valence electrons. The highest BCUT2D eigenvalue weighted by atomic mass is 35.5. The average molecular weight is 329 g/mol. The van der Waals surface area contributed by atoms with Crippen LogP contribution in [-0.4, -0.2) is 5.97 Å². The molecule has 0 amide bonds. The van der Waals surface area contributed by atoms with Crippen molar-refractivity contribution in [1.82, 2.24) is 0 Å². The van der Waals surface area contributed by atoms with Crippen LogP contribution in [0.5, 0.6) is 0 Å². The van der Waals surface area contributed by atoms with Crippen LogP contribution in [0.15, 0.2) is 57.7 Å². The van der Waals surface area contributed by atoms with Gasteiger partial charge in [-0.15, -0.1) is 0 Å². The number of hydrogen-bond donors (Lipinski definition) is 0. The van der Waals surface area contributed by atoms with Crippen LogP contribution in [0.4, 0.5) is 0 Å². The molecule has 0 atom stereocenters. The number of hydrogen-bond acceptors (Lipinski definition) is 4. The molecule has 0 saturated carbocycles. The van der Waals surface area contributed by atoms with Gasteiger partial charge in [-0.05, 0) is 36.8 Å². The van der Waals surface area contributed by atoms with Crippen molar-refractivity contribution in [3.63, 3.8) is 0 Å². The molecule has 1 aromatic heterocycles. The highest BCUT2D eigenvalue weighted by Crippen LogP contribution is 2.16. The van der Waals surface area contributed by atoms with Crippen molar-refractivity contribution in [1.29, 1.82) is 0 Å². The molecular weight excluding hydrogens is 316 g/mol. The van der Waals surface area contributed by atoms with Gasteiger partial charge in [-0.2, -0.15) is 0 Å². The summed E-state index contributed by atoms with van der Waals surface area (Å²) in [5, 5.41) is 1.00. The smallest absolute Gasteiger partial charge is 0.374 e. The van der Waals surface area contributed by atoms with Gasteiger partial charge < -0.3 is 9.15 Å². The predicted molar refractivity (Wildman–Crippen MR) is 87.8 cm³/mol. The molecular formula is C18H13ClO4. The Bertz CT molecular complexity index is 943. The Morgan fingerprint density at radius 3 is 2.78 bits per heavy atom. The molecule has 2 aromatic carbocycles. The van der Waals surface area contributed by atoms with Crippen LogP contribution in [0.3, 0.4) is 0 Å². The van der Waals surface area contributed by atoms with Gasteiger partial charge in [0.05, 0.1) is 5.39 Å². The molecule has 4 nitrogen and oxygen atoms in total. The first-order valence-electron chi connectivity index (χ1n) is 6.99. The fraction of sp³-hybridized carbons (Fsp3) is 0.111. The van der Waals surface area contributed by atoms with Gasteiger partial charge in [0.15, 0.2) is 5.43 Å². The zero-order valence-electron chi connectivity index (χ0n) is 12.3. The number of fused-ring (bicyclic) bond motifs is 1. The minimum Gasteiger partial charge on any atom is -0.455 e. The second-order valence-corrected chi connectivity index (χ2v) is 5.62. The Morgan fingerprint density at radius 2 is 2.00 bits per heavy atom. The molecule has 1 heterocycles. The first kappa shape index (κ1) is 15.3. The standard InChI is InChI=1S/C18H13ClO4/c1-11-5-6-16-14(7-11)15(20)9-17(23-16)18(21)22-10-12-3-2-4-13(19)8-12/h2-9H,10H2,1H3. The summed E-state index contributed by atoms with van der Waals surface area (Å²) in [6.07, 6.45) is 0. The summed E-state index contributed by atoms with van der Waals surface area (Å²) in [5.74, 6) is -0.807. The van der Waals surface area contributed by atoms with Crippen molar-refractivity contribution < 1.29 is 13.9 Å². The summed E-state index contributed by atoms with van der Waals surface area (Å²) >= 11 is 5.88. The Kier molecular flexibility index (Phi) is 4.17. The van der Waals surface area contributed by atoms with Crippen LogP contribution >= 0.6 is 11.6 Å². The summed E-state index contributed by atoms with van der Waals surface area (Å²) < 4.78 is 10.6. The van der Waals surface area contributed by atoms with Crippen molar-refractivity contribution >= 4 is 28.5 Å². The van der Waals surface area contributed by atoms with Crippen LogP contribution in [0.2, 0.25) is 5.02 Å². The van der Waals surface area contributed by atoms with Crippen molar-refractivity contribution in [2.45, 2.75) is 13.5 Å². The van der Waals surface area contributed by atoms with Crippen LogP contribution in [0.1, 0.15) is 21.7 Å². The van der Waals surface area contributed by atoms with Gasteiger partial charge in [0.1, 0.15) is 12.2 Å². The molecule has 0 radical (unpaired) electrons. The topological polar surface area (TPSA) is 56.5 Å². The number of ether oxygens (including phenoxy) is 1. The zero-order valence-corrected chi connectivity index (χ0v) is 13.1. The Labute approximate surface area is 137 Å². The molecule has 0 saturated heterocycles. The number of carbonyl (C=O) groups excluding carboxylic acids is 1. The molecule has 0 aliphatic rings. The molecule has 0 aliphatic heterocycles. The number of rotatable bonds is 3. The fourth-order valence-electron chi connectivity index (χ4n) is 2.22. The van der Waals surface area contributed by atoms with Crippen LogP contribution < -0.4 is 5.43 Å². The van der Waals surface area contributed by atoms with Crippen molar-refractivity contribution in [3.05, 3.63) is 80.7 Å². The summed E-state index contributed by atoms with van der Waals surface area (Å²) in [6.45, 7) is 1.93. The number of benzene rings is 2. The highest BCUT2D eigenvalue weighted by Gasteiger charge is 2.14. The highest BCUT2D eigenvalue weighted by molar-refractivity contribution is 6.30. The van der Waals surface area contributed by atoms with Gasteiger partial charge in [0, 0.05) is 11.1 Å². The van der Waals surface area contributed by atoms with E-state index < -0.39 is 5.97 Å². The molecule has 23 heavy (non-hydrogen) atoms. The van der Waals surface area contributed by atoms with Gasteiger partial charge in [-0.3, -0.25) is 4.79 Å². The monoisotopic (exact) mass is 328 g/mol. The van der Waals surface area contributed by atoms with E-state index in [1.807, 2.05) is 13.0 Å². The molecule has 0 N–H and O–H groups in total. The number of halogens is 1. The predicted octanol–water partition coefficient (Wildman–Crippen LogP) is 4.11. The van der Waals surface area contributed by atoms with E-state index in [-0.39, 0.29) is 17.8 Å². The molecule has 3 rings (SSSR count). The molecule has 0 unspecified atom stereocenters. The van der Waals surface area contributed by atoms with E-state index in [9.17, 15) is 9.59 Å². The average Bonchev–Trinajstić information content (AvgIpc) is 2.53. The lowest BCUT2D eigenvalue weighted by Gasteiger charge is -2.06.